The fraction of sp³-hybridized carbons (Fsp3) is 0.538. The van der Waals surface area contributed by atoms with Gasteiger partial charge < -0.3 is 35.1 Å². The molecule has 0 bridgehead atoms. The van der Waals surface area contributed by atoms with E-state index in [1.807, 2.05) is 0 Å². The summed E-state index contributed by atoms with van der Waals surface area (Å²) in [6.45, 7) is 16.3. The Morgan fingerprint density at radius 3 is 1.54 bits per heavy atom. The summed E-state index contributed by atoms with van der Waals surface area (Å²) in [5.74, 6) is -1.12. The van der Waals surface area contributed by atoms with Crippen LogP contribution in [0.4, 0.5) is 0 Å². The van der Waals surface area contributed by atoms with Crippen LogP contribution in [-0.2, 0) is 33.4 Å². The number of amides is 4. The topological polar surface area (TPSA) is 135 Å². The SMILES string of the molecule is C=CC(=O)NCCCOCC(COCCCNC(=O)C=C)(COCCCN(C)C(=O)C=C)NC(=O)C=C. The molecule has 4 amide bonds. The van der Waals surface area contributed by atoms with Crippen LogP contribution in [-0.4, -0.2) is 100 Å². The first-order valence-corrected chi connectivity index (χ1v) is 12.1. The van der Waals surface area contributed by atoms with Crippen LogP contribution >= 0.6 is 0 Å². The molecule has 37 heavy (non-hydrogen) atoms. The molecule has 0 saturated heterocycles. The standard InChI is InChI=1S/C26H42N4O7/c1-6-22(31)27-13-10-16-35-19-26(29-24(33)8-3,20-36-17-11-14-28-23(32)7-2)21-37-18-12-15-30(5)25(34)9-4/h6-9H,1-4,10-21H2,5H3,(H,27,31)(H,28,32)(H,29,33). The van der Waals surface area contributed by atoms with E-state index in [0.29, 0.717) is 58.7 Å². The van der Waals surface area contributed by atoms with Gasteiger partial charge in [-0.2, -0.15) is 0 Å². The molecule has 0 aliphatic heterocycles. The van der Waals surface area contributed by atoms with Gasteiger partial charge in [0.15, 0.2) is 0 Å². The van der Waals surface area contributed by atoms with Gasteiger partial charge >= 0.3 is 0 Å². The number of ether oxygens (including phenoxy) is 3. The van der Waals surface area contributed by atoms with E-state index in [9.17, 15) is 19.2 Å². The van der Waals surface area contributed by atoms with Crippen LogP contribution in [0.2, 0.25) is 0 Å². The van der Waals surface area contributed by atoms with Crippen LogP contribution in [0, 0.1) is 0 Å². The molecule has 0 aromatic heterocycles. The maximum absolute atomic E-state index is 12.2. The zero-order chi connectivity index (χ0) is 27.9. The minimum absolute atomic E-state index is 0.0873. The Hall–Kier alpha value is -3.28. The highest BCUT2D eigenvalue weighted by Gasteiger charge is 2.33. The minimum Gasteiger partial charge on any atom is -0.379 e. The second kappa shape index (κ2) is 20.9. The molecule has 0 spiro atoms. The van der Waals surface area contributed by atoms with Gasteiger partial charge in [-0.25, -0.2) is 0 Å². The fourth-order valence-corrected chi connectivity index (χ4v) is 2.93. The molecule has 0 aliphatic carbocycles. The van der Waals surface area contributed by atoms with Crippen molar-refractivity contribution in [1.82, 2.24) is 20.9 Å². The highest BCUT2D eigenvalue weighted by atomic mass is 16.5. The Labute approximate surface area is 220 Å². The average Bonchev–Trinajstić information content (AvgIpc) is 2.90. The summed E-state index contributed by atoms with van der Waals surface area (Å²) in [4.78, 5) is 47.9. The first-order valence-electron chi connectivity index (χ1n) is 12.1. The molecule has 0 fully saturated rings. The smallest absolute Gasteiger partial charge is 0.245 e. The maximum Gasteiger partial charge on any atom is 0.245 e. The van der Waals surface area contributed by atoms with Crippen LogP contribution < -0.4 is 16.0 Å². The van der Waals surface area contributed by atoms with Gasteiger partial charge in [-0.15, -0.1) is 0 Å². The molecule has 0 saturated carbocycles. The van der Waals surface area contributed by atoms with E-state index in [-0.39, 0.29) is 37.5 Å². The largest absolute Gasteiger partial charge is 0.379 e. The third kappa shape index (κ3) is 16.9. The predicted molar refractivity (Wildman–Crippen MR) is 142 cm³/mol. The molecule has 208 valence electrons. The first kappa shape index (κ1) is 33.7. The van der Waals surface area contributed by atoms with E-state index in [0.717, 1.165) is 6.08 Å². The molecule has 0 aromatic carbocycles. The number of carbonyl (C=O) groups excluding carboxylic acids is 4. The molecule has 0 atom stereocenters. The van der Waals surface area contributed by atoms with Gasteiger partial charge in [0.25, 0.3) is 0 Å². The van der Waals surface area contributed by atoms with Gasteiger partial charge in [-0.1, -0.05) is 26.3 Å². The van der Waals surface area contributed by atoms with E-state index >= 15 is 0 Å². The summed E-state index contributed by atoms with van der Waals surface area (Å²) in [6, 6.07) is 0. The lowest BCUT2D eigenvalue weighted by molar-refractivity contribution is -0.125. The van der Waals surface area contributed by atoms with Crippen molar-refractivity contribution < 1.29 is 33.4 Å². The van der Waals surface area contributed by atoms with Crippen LogP contribution in [0.1, 0.15) is 19.3 Å². The molecular weight excluding hydrogens is 480 g/mol. The molecule has 0 radical (unpaired) electrons. The van der Waals surface area contributed by atoms with E-state index in [4.69, 9.17) is 14.2 Å². The molecule has 0 aliphatic rings. The van der Waals surface area contributed by atoms with Gasteiger partial charge in [-0.05, 0) is 43.6 Å². The molecule has 11 heteroatoms. The molecule has 0 unspecified atom stereocenters. The van der Waals surface area contributed by atoms with Crippen molar-refractivity contribution in [2.75, 3.05) is 66.3 Å². The Morgan fingerprint density at radius 1 is 0.703 bits per heavy atom. The minimum atomic E-state index is -1.01. The van der Waals surface area contributed by atoms with Crippen molar-refractivity contribution in [2.24, 2.45) is 0 Å². The third-order valence-electron chi connectivity index (χ3n) is 4.94. The van der Waals surface area contributed by atoms with E-state index in [1.165, 1.54) is 23.1 Å². The number of nitrogens with one attached hydrogen (secondary N) is 3. The number of rotatable bonds is 23. The van der Waals surface area contributed by atoms with E-state index in [2.05, 4.69) is 42.3 Å². The van der Waals surface area contributed by atoms with Gasteiger partial charge in [0.2, 0.25) is 23.6 Å². The third-order valence-corrected chi connectivity index (χ3v) is 4.94. The van der Waals surface area contributed by atoms with Gasteiger partial charge in [0, 0.05) is 46.5 Å². The summed E-state index contributed by atoms with van der Waals surface area (Å²) in [5, 5.41) is 8.20. The van der Waals surface area contributed by atoms with Crippen LogP contribution in [0.25, 0.3) is 0 Å². The van der Waals surface area contributed by atoms with Crippen molar-refractivity contribution in [1.29, 1.82) is 0 Å². The lowest BCUT2D eigenvalue weighted by atomic mass is 10.0. The van der Waals surface area contributed by atoms with E-state index in [1.54, 1.807) is 7.05 Å². The highest BCUT2D eigenvalue weighted by molar-refractivity contribution is 5.88. The molecule has 3 N–H and O–H groups in total. The second-order valence-electron chi connectivity index (χ2n) is 8.15. The van der Waals surface area contributed by atoms with Crippen molar-refractivity contribution >= 4 is 23.6 Å². The maximum atomic E-state index is 12.2. The number of likely N-dealkylation sites (N-methyl/N-ethyl adjacent to an activating group) is 1. The van der Waals surface area contributed by atoms with Gasteiger partial charge in [-0.3, -0.25) is 19.2 Å². The van der Waals surface area contributed by atoms with Crippen molar-refractivity contribution in [2.45, 2.75) is 24.8 Å². The summed E-state index contributed by atoms with van der Waals surface area (Å²) in [6.07, 6.45) is 6.48. The number of hydrogen-bond acceptors (Lipinski definition) is 7. The summed E-state index contributed by atoms with van der Waals surface area (Å²) >= 11 is 0. The molecular formula is C26H42N4O7. The quantitative estimate of drug-likeness (QED) is 0.131. The van der Waals surface area contributed by atoms with Crippen molar-refractivity contribution in [3.8, 4) is 0 Å². The van der Waals surface area contributed by atoms with Gasteiger partial charge in [0.1, 0.15) is 5.54 Å². The lowest BCUT2D eigenvalue weighted by Gasteiger charge is -2.34. The predicted octanol–water partition coefficient (Wildman–Crippen LogP) is 0.496. The number of carbonyl (C=O) groups is 4. The molecule has 0 rings (SSSR count). The van der Waals surface area contributed by atoms with Crippen LogP contribution in [0.5, 0.6) is 0 Å². The second-order valence-corrected chi connectivity index (χ2v) is 8.15. The summed E-state index contributed by atoms with van der Waals surface area (Å²) in [5.41, 5.74) is -1.01. The van der Waals surface area contributed by atoms with E-state index < -0.39 is 11.4 Å². The molecule has 0 aromatic rings. The normalized spacial score (nSPS) is 10.6. The monoisotopic (exact) mass is 522 g/mol. The zero-order valence-electron chi connectivity index (χ0n) is 21.9. The fourth-order valence-electron chi connectivity index (χ4n) is 2.93. The van der Waals surface area contributed by atoms with Gasteiger partial charge in [0.05, 0.1) is 19.8 Å². The summed E-state index contributed by atoms with van der Waals surface area (Å²) < 4.78 is 17.5. The Morgan fingerprint density at radius 2 is 1.14 bits per heavy atom. The Kier molecular flexibility index (Phi) is 19.0. The Balaban J connectivity index is 5.01. The number of hydrogen-bond donors (Lipinski definition) is 3. The van der Waals surface area contributed by atoms with Crippen molar-refractivity contribution in [3.05, 3.63) is 50.6 Å². The zero-order valence-corrected chi connectivity index (χ0v) is 21.9. The average molecular weight is 523 g/mol. The first-order chi connectivity index (χ1) is 17.7. The van der Waals surface area contributed by atoms with Crippen LogP contribution in [0.3, 0.4) is 0 Å². The Bertz CT molecular complexity index is 738. The number of nitrogens with zero attached hydrogens (tertiary/aromatic N) is 1. The molecule has 11 nitrogen and oxygen atoms in total. The van der Waals surface area contributed by atoms with Crippen molar-refractivity contribution in [3.63, 3.8) is 0 Å². The summed E-state index contributed by atoms with van der Waals surface area (Å²) in [7, 11) is 1.68. The van der Waals surface area contributed by atoms with Crippen LogP contribution in [0.15, 0.2) is 50.6 Å². The lowest BCUT2D eigenvalue weighted by Crippen LogP contribution is -2.58. The highest BCUT2D eigenvalue weighted by Crippen LogP contribution is 2.10. The molecule has 0 heterocycles.